The number of aryl methyl sites for hydroxylation is 1. The number of nitrogens with zero attached hydrogens (tertiary/aromatic N) is 2. The Kier molecular flexibility index (Phi) is 4.89. The van der Waals surface area contributed by atoms with Gasteiger partial charge in [0.25, 0.3) is 0 Å². The molecule has 0 amide bonds. The van der Waals surface area contributed by atoms with Crippen molar-refractivity contribution in [3.63, 3.8) is 0 Å². The van der Waals surface area contributed by atoms with E-state index in [0.29, 0.717) is 11.7 Å². The SMILES string of the molecule is CCC(CC)n1ccc(CC(=O)c2ccc(C)cc2F)n1. The minimum absolute atomic E-state index is 0.132. The Labute approximate surface area is 124 Å². The largest absolute Gasteiger partial charge is 0.294 e. The van der Waals surface area contributed by atoms with Gasteiger partial charge in [0.05, 0.1) is 23.7 Å². The molecule has 0 radical (unpaired) electrons. The first kappa shape index (κ1) is 15.4. The van der Waals surface area contributed by atoms with Crippen LogP contribution in [0.2, 0.25) is 0 Å². The highest BCUT2D eigenvalue weighted by Crippen LogP contribution is 2.16. The van der Waals surface area contributed by atoms with Crippen LogP contribution in [-0.2, 0) is 6.42 Å². The lowest BCUT2D eigenvalue weighted by molar-refractivity contribution is 0.0988. The van der Waals surface area contributed by atoms with Gasteiger partial charge in [-0.25, -0.2) is 4.39 Å². The third-order valence-corrected chi connectivity index (χ3v) is 3.75. The van der Waals surface area contributed by atoms with Gasteiger partial charge >= 0.3 is 0 Å². The normalized spacial score (nSPS) is 11.1. The van der Waals surface area contributed by atoms with E-state index in [1.54, 1.807) is 19.1 Å². The summed E-state index contributed by atoms with van der Waals surface area (Å²) < 4.78 is 15.7. The minimum atomic E-state index is -0.459. The second-order valence-corrected chi connectivity index (χ2v) is 5.34. The average molecular weight is 288 g/mol. The number of hydrogen-bond donors (Lipinski definition) is 0. The first-order valence-corrected chi connectivity index (χ1v) is 7.38. The second-order valence-electron chi connectivity index (χ2n) is 5.34. The number of benzene rings is 1. The second kappa shape index (κ2) is 6.66. The molecule has 2 aromatic rings. The molecule has 0 aliphatic heterocycles. The van der Waals surface area contributed by atoms with Crippen molar-refractivity contribution in [2.45, 2.75) is 46.1 Å². The quantitative estimate of drug-likeness (QED) is 0.749. The van der Waals surface area contributed by atoms with E-state index in [2.05, 4.69) is 18.9 Å². The van der Waals surface area contributed by atoms with Crippen molar-refractivity contribution in [2.75, 3.05) is 0 Å². The zero-order valence-electron chi connectivity index (χ0n) is 12.8. The van der Waals surface area contributed by atoms with Crippen LogP contribution < -0.4 is 0 Å². The number of carbonyl (C=O) groups is 1. The van der Waals surface area contributed by atoms with Gasteiger partial charge in [-0.3, -0.25) is 9.48 Å². The van der Waals surface area contributed by atoms with E-state index in [9.17, 15) is 9.18 Å². The van der Waals surface area contributed by atoms with Gasteiger partial charge in [0.2, 0.25) is 0 Å². The van der Waals surface area contributed by atoms with Crippen LogP contribution in [0.3, 0.4) is 0 Å². The molecule has 0 fully saturated rings. The standard InChI is InChI=1S/C17H21FN2O/c1-4-14(5-2)20-9-8-13(19-20)11-17(21)15-7-6-12(3)10-16(15)18/h6-10,14H,4-5,11H2,1-3H3. The molecule has 0 aliphatic rings. The lowest BCUT2D eigenvalue weighted by Crippen LogP contribution is -2.10. The van der Waals surface area contributed by atoms with Crippen molar-refractivity contribution in [3.8, 4) is 0 Å². The van der Waals surface area contributed by atoms with Crippen LogP contribution >= 0.6 is 0 Å². The summed E-state index contributed by atoms with van der Waals surface area (Å²) in [6.07, 6.45) is 4.02. The number of hydrogen-bond acceptors (Lipinski definition) is 2. The molecule has 3 nitrogen and oxygen atoms in total. The van der Waals surface area contributed by atoms with E-state index in [1.165, 1.54) is 6.07 Å². The summed E-state index contributed by atoms with van der Waals surface area (Å²) in [5.41, 5.74) is 1.63. The summed E-state index contributed by atoms with van der Waals surface area (Å²) in [6.45, 7) is 6.03. The van der Waals surface area contributed by atoms with Crippen molar-refractivity contribution in [2.24, 2.45) is 0 Å². The third kappa shape index (κ3) is 3.57. The highest BCUT2D eigenvalue weighted by atomic mass is 19.1. The van der Waals surface area contributed by atoms with Gasteiger partial charge in [-0.1, -0.05) is 19.9 Å². The van der Waals surface area contributed by atoms with Gasteiger partial charge in [-0.05, 0) is 43.5 Å². The zero-order valence-corrected chi connectivity index (χ0v) is 12.8. The first-order valence-electron chi connectivity index (χ1n) is 7.38. The van der Waals surface area contributed by atoms with Gasteiger partial charge in [0.15, 0.2) is 5.78 Å². The molecule has 0 N–H and O–H groups in total. The van der Waals surface area contributed by atoms with Gasteiger partial charge in [0.1, 0.15) is 5.82 Å². The lowest BCUT2D eigenvalue weighted by Gasteiger charge is -2.12. The van der Waals surface area contributed by atoms with Crippen LogP contribution in [0.4, 0.5) is 4.39 Å². The molecule has 4 heteroatoms. The number of Topliss-reactive ketones (excluding diaryl/α,β-unsaturated/α-hetero) is 1. The lowest BCUT2D eigenvalue weighted by atomic mass is 10.0. The maximum Gasteiger partial charge on any atom is 0.171 e. The van der Waals surface area contributed by atoms with Crippen molar-refractivity contribution >= 4 is 5.78 Å². The molecule has 112 valence electrons. The molecule has 0 spiro atoms. The number of ketones is 1. The van der Waals surface area contributed by atoms with Crippen LogP contribution in [0.15, 0.2) is 30.5 Å². The topological polar surface area (TPSA) is 34.9 Å². The van der Waals surface area contributed by atoms with Gasteiger partial charge in [0, 0.05) is 6.20 Å². The summed E-state index contributed by atoms with van der Waals surface area (Å²) in [5, 5.41) is 4.44. The molecular weight excluding hydrogens is 267 g/mol. The first-order chi connectivity index (χ1) is 10.0. The van der Waals surface area contributed by atoms with E-state index in [0.717, 1.165) is 18.4 Å². The van der Waals surface area contributed by atoms with E-state index in [1.807, 2.05) is 16.9 Å². The Bertz CT molecular complexity index is 629. The minimum Gasteiger partial charge on any atom is -0.294 e. The van der Waals surface area contributed by atoms with Crippen molar-refractivity contribution < 1.29 is 9.18 Å². The van der Waals surface area contributed by atoms with E-state index in [4.69, 9.17) is 0 Å². The van der Waals surface area contributed by atoms with Gasteiger partial charge < -0.3 is 0 Å². The molecule has 1 aromatic carbocycles. The zero-order chi connectivity index (χ0) is 15.4. The summed E-state index contributed by atoms with van der Waals surface area (Å²) in [6, 6.07) is 6.87. The number of rotatable bonds is 6. The fourth-order valence-corrected chi connectivity index (χ4v) is 2.44. The summed E-state index contributed by atoms with van der Waals surface area (Å²) in [4.78, 5) is 12.2. The maximum absolute atomic E-state index is 13.8. The third-order valence-electron chi connectivity index (χ3n) is 3.75. The number of aromatic nitrogens is 2. The molecule has 0 unspecified atom stereocenters. The molecule has 0 saturated heterocycles. The fraction of sp³-hybridized carbons (Fsp3) is 0.412. The Balaban J connectivity index is 2.13. The maximum atomic E-state index is 13.8. The molecule has 1 heterocycles. The van der Waals surface area contributed by atoms with Gasteiger partial charge in [-0.2, -0.15) is 5.10 Å². The van der Waals surface area contributed by atoms with Crippen molar-refractivity contribution in [1.82, 2.24) is 9.78 Å². The molecule has 21 heavy (non-hydrogen) atoms. The van der Waals surface area contributed by atoms with Gasteiger partial charge in [-0.15, -0.1) is 0 Å². The van der Waals surface area contributed by atoms with Crippen LogP contribution in [0.25, 0.3) is 0 Å². The van der Waals surface area contributed by atoms with Crippen molar-refractivity contribution in [1.29, 1.82) is 0 Å². The fourth-order valence-electron chi connectivity index (χ4n) is 2.44. The highest BCUT2D eigenvalue weighted by molar-refractivity contribution is 5.97. The average Bonchev–Trinajstić information content (AvgIpc) is 2.88. The van der Waals surface area contributed by atoms with E-state index < -0.39 is 5.82 Å². The van der Waals surface area contributed by atoms with Crippen LogP contribution in [0.5, 0.6) is 0 Å². The Morgan fingerprint density at radius 2 is 2.00 bits per heavy atom. The molecule has 0 atom stereocenters. The Morgan fingerprint density at radius 1 is 1.29 bits per heavy atom. The molecular formula is C17H21FN2O. The summed E-state index contributed by atoms with van der Waals surface area (Å²) in [7, 11) is 0. The Hall–Kier alpha value is -1.97. The van der Waals surface area contributed by atoms with Crippen molar-refractivity contribution in [3.05, 3.63) is 53.1 Å². The van der Waals surface area contributed by atoms with E-state index >= 15 is 0 Å². The molecule has 1 aromatic heterocycles. The smallest absolute Gasteiger partial charge is 0.171 e. The molecule has 0 bridgehead atoms. The molecule has 0 aliphatic carbocycles. The molecule has 2 rings (SSSR count). The van der Waals surface area contributed by atoms with Crippen LogP contribution in [-0.4, -0.2) is 15.6 Å². The predicted octanol–water partition coefficient (Wildman–Crippen LogP) is 4.12. The monoisotopic (exact) mass is 288 g/mol. The summed E-state index contributed by atoms with van der Waals surface area (Å²) in [5.74, 6) is -0.693. The van der Waals surface area contributed by atoms with Crippen LogP contribution in [0, 0.1) is 12.7 Å². The molecule has 0 saturated carbocycles. The summed E-state index contributed by atoms with van der Waals surface area (Å²) >= 11 is 0. The number of carbonyl (C=O) groups excluding carboxylic acids is 1. The predicted molar refractivity (Wildman–Crippen MR) is 81.0 cm³/mol. The van der Waals surface area contributed by atoms with Crippen LogP contribution in [0.1, 0.15) is 54.3 Å². The number of halogens is 1. The van der Waals surface area contributed by atoms with E-state index in [-0.39, 0.29) is 17.8 Å². The highest BCUT2D eigenvalue weighted by Gasteiger charge is 2.15. The Morgan fingerprint density at radius 3 is 2.62 bits per heavy atom.